The topological polar surface area (TPSA) is 154 Å². The van der Waals surface area contributed by atoms with Gasteiger partial charge in [0.2, 0.25) is 5.91 Å². The summed E-state index contributed by atoms with van der Waals surface area (Å²) in [7, 11) is 1.18. The first kappa shape index (κ1) is 27.2. The van der Waals surface area contributed by atoms with E-state index in [9.17, 15) is 29.7 Å². The molecule has 2 amide bonds. The number of amides is 2. The minimum Gasteiger partial charge on any atom is -0.460 e. The minimum atomic E-state index is -1.72. The van der Waals surface area contributed by atoms with Gasteiger partial charge in [-0.3, -0.25) is 14.4 Å². The van der Waals surface area contributed by atoms with Crippen LogP contribution in [0.1, 0.15) is 58.3 Å². The van der Waals surface area contributed by atoms with Crippen LogP contribution in [0.4, 0.5) is 0 Å². The number of ether oxygens (including phenoxy) is 2. The number of rotatable bonds is 10. The quantitative estimate of drug-likeness (QED) is 0.220. The Hall–Kier alpha value is -2.01. The van der Waals surface area contributed by atoms with Crippen molar-refractivity contribution < 1.29 is 39.2 Å². The largest absolute Gasteiger partial charge is 0.460 e. The number of methoxy groups -OCH3 is 1. The van der Waals surface area contributed by atoms with Gasteiger partial charge in [-0.15, -0.1) is 0 Å². The number of aliphatic hydroxyl groups is 3. The van der Waals surface area contributed by atoms with Crippen LogP contribution in [0, 0.1) is 5.92 Å². The van der Waals surface area contributed by atoms with Crippen molar-refractivity contribution in [3.63, 3.8) is 0 Å². The molecule has 2 fully saturated rings. The van der Waals surface area contributed by atoms with Crippen LogP contribution in [0.15, 0.2) is 12.2 Å². The summed E-state index contributed by atoms with van der Waals surface area (Å²) in [6, 6.07) is -0.914. The van der Waals surface area contributed by atoms with Crippen molar-refractivity contribution in [3.05, 3.63) is 12.2 Å². The maximum atomic E-state index is 12.7. The lowest BCUT2D eigenvalue weighted by molar-refractivity contribution is -0.155. The molecule has 1 heterocycles. The van der Waals surface area contributed by atoms with Gasteiger partial charge in [0.15, 0.2) is 6.10 Å². The van der Waals surface area contributed by atoms with Crippen LogP contribution in [0.3, 0.4) is 0 Å². The summed E-state index contributed by atoms with van der Waals surface area (Å²) in [4.78, 5) is 37.5. The zero-order chi connectivity index (χ0) is 24.4. The van der Waals surface area contributed by atoms with Gasteiger partial charge in [-0.05, 0) is 32.1 Å². The van der Waals surface area contributed by atoms with Crippen molar-refractivity contribution in [2.24, 2.45) is 5.92 Å². The number of aliphatic hydroxyl groups excluding tert-OH is 3. The van der Waals surface area contributed by atoms with E-state index in [1.165, 1.54) is 13.2 Å². The normalized spacial score (nSPS) is 26.0. The molecule has 1 aliphatic heterocycles. The number of carbonyl (C=O) groups excluding carboxylic acids is 3. The highest BCUT2D eigenvalue weighted by Gasteiger charge is 2.37. The fourth-order valence-electron chi connectivity index (χ4n) is 4.19. The third-order valence-corrected chi connectivity index (χ3v) is 6.23. The summed E-state index contributed by atoms with van der Waals surface area (Å²) in [6.07, 6.45) is 2.27. The summed E-state index contributed by atoms with van der Waals surface area (Å²) >= 11 is 0. The molecule has 10 nitrogen and oxygen atoms in total. The lowest BCUT2D eigenvalue weighted by Crippen LogP contribution is -2.55. The molecule has 1 saturated carbocycles. The van der Waals surface area contributed by atoms with E-state index in [4.69, 9.17) is 9.47 Å². The third kappa shape index (κ3) is 8.06. The Bertz CT molecular complexity index is 679. The van der Waals surface area contributed by atoms with Gasteiger partial charge in [0.1, 0.15) is 30.5 Å². The van der Waals surface area contributed by atoms with Crippen molar-refractivity contribution in [2.75, 3.05) is 13.7 Å². The van der Waals surface area contributed by atoms with E-state index in [-0.39, 0.29) is 24.9 Å². The molecule has 6 atom stereocenters. The van der Waals surface area contributed by atoms with Crippen LogP contribution in [0.5, 0.6) is 0 Å². The maximum absolute atomic E-state index is 12.7. The molecule has 2 rings (SSSR count). The Labute approximate surface area is 194 Å². The van der Waals surface area contributed by atoms with Crippen LogP contribution in [-0.4, -0.2) is 83.3 Å². The minimum absolute atomic E-state index is 0.0916. The first-order valence-corrected chi connectivity index (χ1v) is 11.8. The van der Waals surface area contributed by atoms with Crippen molar-refractivity contribution >= 4 is 17.8 Å². The fraction of sp³-hybridized carbons (Fsp3) is 0.783. The predicted octanol–water partition coefficient (Wildman–Crippen LogP) is -0.0628. The number of carbonyl (C=O) groups is 3. The zero-order valence-corrected chi connectivity index (χ0v) is 19.4. The highest BCUT2D eigenvalue weighted by molar-refractivity contribution is 5.89. The molecular formula is C23H38N2O8. The Kier molecular flexibility index (Phi) is 11.3. The standard InChI is InChI=1S/C23H38N2O8/c1-3-4-10-17(26)18(27)19(28)20(32-2)22(30)25-16-12-11-15(13-24-21(16)29)33-23(31)14-8-6-5-7-9-14/h4,10,14-20,26-28H,3,5-9,11-13H2,1-2H3,(H,24,29)(H,25,30)/b10-4+/t15-,16-,17+,18+,19+,20-/m0/s1. The number of esters is 1. The van der Waals surface area contributed by atoms with Gasteiger partial charge in [-0.25, -0.2) is 0 Å². The first-order valence-electron chi connectivity index (χ1n) is 11.8. The van der Waals surface area contributed by atoms with Gasteiger partial charge in [0.05, 0.1) is 12.5 Å². The zero-order valence-electron chi connectivity index (χ0n) is 19.4. The molecular weight excluding hydrogens is 432 g/mol. The molecule has 1 saturated heterocycles. The number of hydrogen-bond donors (Lipinski definition) is 5. The van der Waals surface area contributed by atoms with E-state index >= 15 is 0 Å². The van der Waals surface area contributed by atoms with E-state index in [0.29, 0.717) is 12.8 Å². The van der Waals surface area contributed by atoms with E-state index < -0.39 is 48.4 Å². The smallest absolute Gasteiger partial charge is 0.309 e. The van der Waals surface area contributed by atoms with Crippen molar-refractivity contribution in [1.29, 1.82) is 0 Å². The molecule has 0 unspecified atom stereocenters. The Morgan fingerprint density at radius 3 is 2.45 bits per heavy atom. The summed E-state index contributed by atoms with van der Waals surface area (Å²) in [5, 5.41) is 35.7. The van der Waals surface area contributed by atoms with Gasteiger partial charge < -0.3 is 35.4 Å². The number of nitrogens with one attached hydrogen (secondary N) is 2. The lowest BCUT2D eigenvalue weighted by Gasteiger charge is -2.28. The molecule has 188 valence electrons. The second-order valence-corrected chi connectivity index (χ2v) is 8.74. The van der Waals surface area contributed by atoms with Crippen molar-refractivity contribution in [2.45, 2.75) is 94.9 Å². The van der Waals surface area contributed by atoms with Crippen LogP contribution < -0.4 is 10.6 Å². The molecule has 0 aromatic heterocycles. The Morgan fingerprint density at radius 2 is 1.82 bits per heavy atom. The molecule has 10 heteroatoms. The highest BCUT2D eigenvalue weighted by Crippen LogP contribution is 2.25. The third-order valence-electron chi connectivity index (χ3n) is 6.23. The van der Waals surface area contributed by atoms with Gasteiger partial charge in [0, 0.05) is 7.11 Å². The fourth-order valence-corrected chi connectivity index (χ4v) is 4.19. The highest BCUT2D eigenvalue weighted by atomic mass is 16.5. The van der Waals surface area contributed by atoms with E-state index in [0.717, 1.165) is 32.1 Å². The first-order chi connectivity index (χ1) is 15.8. The molecule has 2 aliphatic rings. The number of hydrogen-bond acceptors (Lipinski definition) is 8. The molecule has 0 radical (unpaired) electrons. The van der Waals surface area contributed by atoms with Gasteiger partial charge >= 0.3 is 5.97 Å². The molecule has 0 spiro atoms. The van der Waals surface area contributed by atoms with Crippen LogP contribution in [0.25, 0.3) is 0 Å². The molecule has 0 bridgehead atoms. The van der Waals surface area contributed by atoms with E-state index in [1.807, 2.05) is 6.92 Å². The predicted molar refractivity (Wildman–Crippen MR) is 119 cm³/mol. The number of allylic oxidation sites excluding steroid dienone is 1. The average Bonchev–Trinajstić information content (AvgIpc) is 2.99. The monoisotopic (exact) mass is 470 g/mol. The molecule has 33 heavy (non-hydrogen) atoms. The van der Waals surface area contributed by atoms with Crippen LogP contribution in [-0.2, 0) is 23.9 Å². The molecule has 0 aromatic rings. The van der Waals surface area contributed by atoms with E-state index in [1.54, 1.807) is 6.08 Å². The van der Waals surface area contributed by atoms with Crippen molar-refractivity contribution in [1.82, 2.24) is 10.6 Å². The van der Waals surface area contributed by atoms with Gasteiger partial charge in [-0.2, -0.15) is 0 Å². The summed E-state index contributed by atoms with van der Waals surface area (Å²) < 4.78 is 10.7. The molecule has 0 aromatic carbocycles. The second-order valence-electron chi connectivity index (χ2n) is 8.74. The second kappa shape index (κ2) is 13.6. The average molecular weight is 471 g/mol. The van der Waals surface area contributed by atoms with Gasteiger partial charge in [-0.1, -0.05) is 38.3 Å². The lowest BCUT2D eigenvalue weighted by atomic mass is 9.89. The Balaban J connectivity index is 1.91. The Morgan fingerprint density at radius 1 is 1.12 bits per heavy atom. The summed E-state index contributed by atoms with van der Waals surface area (Å²) in [5.74, 6) is -1.56. The van der Waals surface area contributed by atoms with Crippen LogP contribution >= 0.6 is 0 Å². The van der Waals surface area contributed by atoms with Crippen LogP contribution in [0.2, 0.25) is 0 Å². The SMILES string of the molecule is CC/C=C/[C@@H](O)[C@@H](O)[C@@H](O)[C@H](OC)C(=O)N[C@H]1CC[C@H](OC(=O)C2CCCCC2)CNC1=O. The van der Waals surface area contributed by atoms with Crippen molar-refractivity contribution in [3.8, 4) is 0 Å². The van der Waals surface area contributed by atoms with Gasteiger partial charge in [0.25, 0.3) is 5.91 Å². The summed E-state index contributed by atoms with van der Waals surface area (Å²) in [5.41, 5.74) is 0. The molecule has 1 aliphatic carbocycles. The maximum Gasteiger partial charge on any atom is 0.309 e. The summed E-state index contributed by atoms with van der Waals surface area (Å²) in [6.45, 7) is 2.01. The molecule has 5 N–H and O–H groups in total. The van der Waals surface area contributed by atoms with E-state index in [2.05, 4.69) is 10.6 Å².